The maximum Gasteiger partial charge on any atom is 0.255 e. The summed E-state index contributed by atoms with van der Waals surface area (Å²) in [7, 11) is 0. The topological polar surface area (TPSA) is 85.8 Å². The van der Waals surface area contributed by atoms with E-state index in [2.05, 4.69) is 15.4 Å². The Labute approximate surface area is 105 Å². The van der Waals surface area contributed by atoms with Gasteiger partial charge in [0.1, 0.15) is 0 Å². The molecule has 0 radical (unpaired) electrons. The fourth-order valence-corrected chi connectivity index (χ4v) is 1.63. The summed E-state index contributed by atoms with van der Waals surface area (Å²) in [6, 6.07) is 3.40. The Kier molecular flexibility index (Phi) is 3.57. The Bertz CT molecular complexity index is 523. The summed E-state index contributed by atoms with van der Waals surface area (Å²) in [6.45, 7) is 2.52. The first-order chi connectivity index (χ1) is 8.66. The quantitative estimate of drug-likeness (QED) is 0.829. The number of aromatic nitrogens is 3. The molecule has 6 heteroatoms. The fraction of sp³-hybridized carbons (Fsp3) is 0.250. The minimum Gasteiger partial charge on any atom is -0.398 e. The van der Waals surface area contributed by atoms with Crippen LogP contribution in [0.4, 0.5) is 5.69 Å². The van der Waals surface area contributed by atoms with Gasteiger partial charge in [0.15, 0.2) is 0 Å². The molecule has 0 bridgehead atoms. The van der Waals surface area contributed by atoms with E-state index in [1.54, 1.807) is 23.1 Å². The number of amides is 1. The SMILES string of the molecule is CC(Cn1cccn1)NC(=O)c1cnccc1N. The number of carbonyl (C=O) groups excluding carboxylic acids is 1. The molecule has 0 fully saturated rings. The molecule has 94 valence electrons. The van der Waals surface area contributed by atoms with Crippen LogP contribution in [0.25, 0.3) is 0 Å². The number of nitrogens with two attached hydrogens (primary N) is 1. The van der Waals surface area contributed by atoms with E-state index in [4.69, 9.17) is 5.73 Å². The van der Waals surface area contributed by atoms with E-state index in [0.717, 1.165) is 0 Å². The van der Waals surface area contributed by atoms with Crippen molar-refractivity contribution in [2.45, 2.75) is 19.5 Å². The van der Waals surface area contributed by atoms with Gasteiger partial charge in [-0.15, -0.1) is 0 Å². The van der Waals surface area contributed by atoms with Crippen molar-refractivity contribution < 1.29 is 4.79 Å². The minimum absolute atomic E-state index is 0.0444. The highest BCUT2D eigenvalue weighted by molar-refractivity contribution is 5.98. The van der Waals surface area contributed by atoms with Gasteiger partial charge in [-0.25, -0.2) is 0 Å². The normalized spacial score (nSPS) is 12.1. The van der Waals surface area contributed by atoms with Gasteiger partial charge in [-0.05, 0) is 19.1 Å². The van der Waals surface area contributed by atoms with Gasteiger partial charge in [0.2, 0.25) is 0 Å². The lowest BCUT2D eigenvalue weighted by Gasteiger charge is -2.14. The second-order valence-corrected chi connectivity index (χ2v) is 4.07. The molecule has 0 aliphatic rings. The van der Waals surface area contributed by atoms with Crippen LogP contribution in [0.2, 0.25) is 0 Å². The first kappa shape index (κ1) is 12.1. The smallest absolute Gasteiger partial charge is 0.255 e. The number of anilines is 1. The summed E-state index contributed by atoms with van der Waals surface area (Å²) in [4.78, 5) is 15.8. The summed E-state index contributed by atoms with van der Waals surface area (Å²) in [6.07, 6.45) is 6.57. The Morgan fingerprint density at radius 3 is 3.06 bits per heavy atom. The van der Waals surface area contributed by atoms with Crippen LogP contribution in [0.1, 0.15) is 17.3 Å². The number of carbonyl (C=O) groups is 1. The third-order valence-corrected chi connectivity index (χ3v) is 2.50. The fourth-order valence-electron chi connectivity index (χ4n) is 1.63. The summed E-state index contributed by atoms with van der Waals surface area (Å²) in [5, 5.41) is 6.94. The van der Waals surface area contributed by atoms with Crippen molar-refractivity contribution in [1.29, 1.82) is 0 Å². The van der Waals surface area contributed by atoms with Crippen LogP contribution in [0.3, 0.4) is 0 Å². The molecule has 1 atom stereocenters. The maximum absolute atomic E-state index is 11.9. The summed E-state index contributed by atoms with van der Waals surface area (Å²) >= 11 is 0. The van der Waals surface area contributed by atoms with Crippen molar-refractivity contribution in [2.24, 2.45) is 0 Å². The van der Waals surface area contributed by atoms with Crippen LogP contribution in [0.15, 0.2) is 36.9 Å². The Balaban J connectivity index is 1.97. The summed E-state index contributed by atoms with van der Waals surface area (Å²) in [5.74, 6) is -0.222. The predicted octanol–water partition coefficient (Wildman–Crippen LogP) is 0.679. The molecule has 0 saturated heterocycles. The van der Waals surface area contributed by atoms with E-state index < -0.39 is 0 Å². The molecule has 6 nitrogen and oxygen atoms in total. The molecule has 2 heterocycles. The number of nitrogen functional groups attached to an aromatic ring is 1. The second-order valence-electron chi connectivity index (χ2n) is 4.07. The van der Waals surface area contributed by atoms with E-state index >= 15 is 0 Å². The van der Waals surface area contributed by atoms with Gasteiger partial charge in [0, 0.05) is 36.5 Å². The predicted molar refractivity (Wildman–Crippen MR) is 67.8 cm³/mol. The standard InChI is InChI=1S/C12H15N5O/c1-9(8-17-6-2-4-15-17)16-12(18)10-7-14-5-3-11(10)13/h2-7,9H,8H2,1H3,(H2,13,14)(H,16,18). The molecule has 0 aromatic carbocycles. The van der Waals surface area contributed by atoms with Crippen molar-refractivity contribution in [2.75, 3.05) is 5.73 Å². The average molecular weight is 245 g/mol. The molecular weight excluding hydrogens is 230 g/mol. The highest BCUT2D eigenvalue weighted by atomic mass is 16.1. The zero-order chi connectivity index (χ0) is 13.0. The van der Waals surface area contributed by atoms with Gasteiger partial charge in [0.05, 0.1) is 12.1 Å². The van der Waals surface area contributed by atoms with Gasteiger partial charge in [0.25, 0.3) is 5.91 Å². The van der Waals surface area contributed by atoms with Gasteiger partial charge >= 0.3 is 0 Å². The van der Waals surface area contributed by atoms with E-state index in [1.807, 2.05) is 19.2 Å². The second kappa shape index (κ2) is 5.31. The van der Waals surface area contributed by atoms with Crippen LogP contribution in [-0.2, 0) is 6.54 Å². The van der Waals surface area contributed by atoms with Crippen molar-refractivity contribution in [3.05, 3.63) is 42.5 Å². The van der Waals surface area contributed by atoms with Crippen molar-refractivity contribution in [1.82, 2.24) is 20.1 Å². The number of hydrogen-bond acceptors (Lipinski definition) is 4. The Morgan fingerprint density at radius 1 is 1.56 bits per heavy atom. The van der Waals surface area contributed by atoms with Gasteiger partial charge in [-0.1, -0.05) is 0 Å². The highest BCUT2D eigenvalue weighted by Crippen LogP contribution is 2.08. The van der Waals surface area contributed by atoms with Crippen LogP contribution in [-0.4, -0.2) is 26.7 Å². The zero-order valence-electron chi connectivity index (χ0n) is 10.1. The van der Waals surface area contributed by atoms with Gasteiger partial charge in [-0.2, -0.15) is 5.10 Å². The molecule has 3 N–H and O–H groups in total. The zero-order valence-corrected chi connectivity index (χ0v) is 10.1. The Hall–Kier alpha value is -2.37. The third-order valence-electron chi connectivity index (χ3n) is 2.50. The van der Waals surface area contributed by atoms with E-state index in [0.29, 0.717) is 17.8 Å². The van der Waals surface area contributed by atoms with Gasteiger partial charge in [-0.3, -0.25) is 14.5 Å². The maximum atomic E-state index is 11.9. The number of pyridine rings is 1. The monoisotopic (exact) mass is 245 g/mol. The third kappa shape index (κ3) is 2.85. The number of nitrogens with one attached hydrogen (secondary N) is 1. The lowest BCUT2D eigenvalue weighted by molar-refractivity contribution is 0.0936. The van der Waals surface area contributed by atoms with Crippen LogP contribution in [0.5, 0.6) is 0 Å². The molecule has 2 aromatic heterocycles. The molecule has 0 aliphatic heterocycles. The lowest BCUT2D eigenvalue weighted by atomic mass is 10.2. The number of rotatable bonds is 4. The summed E-state index contributed by atoms with van der Waals surface area (Å²) in [5.41, 5.74) is 6.53. The Morgan fingerprint density at radius 2 is 2.39 bits per heavy atom. The van der Waals surface area contributed by atoms with Gasteiger partial charge < -0.3 is 11.1 Å². The minimum atomic E-state index is -0.222. The molecule has 1 unspecified atom stereocenters. The van der Waals surface area contributed by atoms with Crippen molar-refractivity contribution in [3.8, 4) is 0 Å². The molecule has 0 spiro atoms. The molecule has 0 aliphatic carbocycles. The molecule has 2 aromatic rings. The summed E-state index contributed by atoms with van der Waals surface area (Å²) < 4.78 is 1.76. The van der Waals surface area contributed by atoms with E-state index in [-0.39, 0.29) is 11.9 Å². The molecular formula is C12H15N5O. The molecule has 2 rings (SSSR count). The average Bonchev–Trinajstić information content (AvgIpc) is 2.82. The van der Waals surface area contributed by atoms with Crippen molar-refractivity contribution >= 4 is 11.6 Å². The molecule has 1 amide bonds. The number of nitrogens with zero attached hydrogens (tertiary/aromatic N) is 3. The lowest BCUT2D eigenvalue weighted by Crippen LogP contribution is -2.36. The number of hydrogen-bond donors (Lipinski definition) is 2. The largest absolute Gasteiger partial charge is 0.398 e. The van der Waals surface area contributed by atoms with Crippen LogP contribution < -0.4 is 11.1 Å². The first-order valence-corrected chi connectivity index (χ1v) is 5.64. The van der Waals surface area contributed by atoms with E-state index in [9.17, 15) is 4.79 Å². The van der Waals surface area contributed by atoms with Crippen LogP contribution >= 0.6 is 0 Å². The highest BCUT2D eigenvalue weighted by Gasteiger charge is 2.12. The first-order valence-electron chi connectivity index (χ1n) is 5.64. The molecule has 0 saturated carbocycles. The van der Waals surface area contributed by atoms with E-state index in [1.165, 1.54) is 6.20 Å². The molecule has 18 heavy (non-hydrogen) atoms. The van der Waals surface area contributed by atoms with Crippen molar-refractivity contribution in [3.63, 3.8) is 0 Å². The van der Waals surface area contributed by atoms with Crippen LogP contribution in [0, 0.1) is 0 Å².